The molecule has 2 saturated heterocycles. The maximum atomic E-state index is 5.41. The molecule has 1 atom stereocenters. The van der Waals surface area contributed by atoms with Gasteiger partial charge >= 0.3 is 0 Å². The van der Waals surface area contributed by atoms with Crippen molar-refractivity contribution < 1.29 is 9.47 Å². The molecule has 0 spiro atoms. The lowest BCUT2D eigenvalue weighted by Gasteiger charge is -2.31. The van der Waals surface area contributed by atoms with E-state index in [9.17, 15) is 0 Å². The van der Waals surface area contributed by atoms with E-state index < -0.39 is 0 Å². The van der Waals surface area contributed by atoms with Crippen LogP contribution in [0.15, 0.2) is 30.3 Å². The Morgan fingerprint density at radius 3 is 2.38 bits per heavy atom. The first-order chi connectivity index (χ1) is 7.95. The Morgan fingerprint density at radius 1 is 1.06 bits per heavy atom. The fourth-order valence-corrected chi connectivity index (χ4v) is 2.46. The second-order valence-corrected chi connectivity index (χ2v) is 4.51. The Hall–Kier alpha value is -0.900. The quantitative estimate of drug-likeness (QED) is 0.722. The molecule has 3 rings (SSSR count). The zero-order valence-electron chi connectivity index (χ0n) is 9.34. The zero-order valence-corrected chi connectivity index (χ0v) is 9.34. The monoisotopic (exact) mass is 219 g/mol. The number of ether oxygens (including phenoxy) is 2. The summed E-state index contributed by atoms with van der Waals surface area (Å²) < 4.78 is 10.8. The summed E-state index contributed by atoms with van der Waals surface area (Å²) in [6.45, 7) is 4.50. The average Bonchev–Trinajstić information content (AvgIpc) is 3.17. The van der Waals surface area contributed by atoms with Gasteiger partial charge in [-0.2, -0.15) is 0 Å². The first-order valence-corrected chi connectivity index (χ1v) is 5.89. The van der Waals surface area contributed by atoms with Crippen LogP contribution < -0.4 is 0 Å². The van der Waals surface area contributed by atoms with Crippen LogP contribution in [0.4, 0.5) is 0 Å². The summed E-state index contributed by atoms with van der Waals surface area (Å²) in [7, 11) is 0. The van der Waals surface area contributed by atoms with Crippen molar-refractivity contribution in [2.45, 2.75) is 6.04 Å². The van der Waals surface area contributed by atoms with Crippen molar-refractivity contribution in [3.05, 3.63) is 35.9 Å². The molecule has 2 aliphatic rings. The van der Waals surface area contributed by atoms with E-state index in [1.54, 1.807) is 0 Å². The highest BCUT2D eigenvalue weighted by atomic mass is 16.7. The zero-order chi connectivity index (χ0) is 10.8. The summed E-state index contributed by atoms with van der Waals surface area (Å²) in [4.78, 5) is 2.48. The predicted octanol–water partition coefficient (Wildman–Crippen LogP) is 1.66. The van der Waals surface area contributed by atoms with Gasteiger partial charge in [-0.05, 0) is 5.56 Å². The Labute approximate surface area is 96.0 Å². The lowest BCUT2D eigenvalue weighted by atomic mass is 9.93. The molecule has 2 fully saturated rings. The van der Waals surface area contributed by atoms with Crippen LogP contribution in [0.25, 0.3) is 0 Å². The molecular weight excluding hydrogens is 202 g/mol. The highest BCUT2D eigenvalue weighted by molar-refractivity contribution is 5.21. The fraction of sp³-hybridized carbons (Fsp3) is 0.538. The third kappa shape index (κ3) is 2.12. The fourth-order valence-electron chi connectivity index (χ4n) is 2.46. The van der Waals surface area contributed by atoms with Crippen molar-refractivity contribution in [1.82, 2.24) is 4.90 Å². The van der Waals surface area contributed by atoms with Gasteiger partial charge in [0.1, 0.15) is 6.79 Å². The highest BCUT2D eigenvalue weighted by Gasteiger charge is 2.36. The molecule has 2 heterocycles. The number of nitrogens with zero attached hydrogens (tertiary/aromatic N) is 1. The standard InChI is InChI=1S/C13H17NO2/c1-2-4-11(5-3-1)13(14-6-7-14)12-8-15-10-16-9-12/h1-5,12-13H,6-10H2. The van der Waals surface area contributed by atoms with E-state index in [0.717, 1.165) is 13.2 Å². The molecule has 2 aliphatic heterocycles. The second kappa shape index (κ2) is 4.53. The molecule has 0 aliphatic carbocycles. The van der Waals surface area contributed by atoms with Crippen LogP contribution in [0.5, 0.6) is 0 Å². The van der Waals surface area contributed by atoms with Crippen LogP contribution in [0.2, 0.25) is 0 Å². The lowest BCUT2D eigenvalue weighted by molar-refractivity contribution is -0.136. The SMILES string of the molecule is c1ccc(C(C2COCOC2)N2CC2)cc1. The highest BCUT2D eigenvalue weighted by Crippen LogP contribution is 2.34. The molecule has 3 nitrogen and oxygen atoms in total. The van der Waals surface area contributed by atoms with Gasteiger partial charge in [-0.15, -0.1) is 0 Å². The smallest absolute Gasteiger partial charge is 0.146 e. The number of hydrogen-bond donors (Lipinski definition) is 0. The summed E-state index contributed by atoms with van der Waals surface area (Å²) in [6.07, 6.45) is 0. The lowest BCUT2D eigenvalue weighted by Crippen LogP contribution is -2.32. The minimum Gasteiger partial charge on any atom is -0.355 e. The van der Waals surface area contributed by atoms with Crippen LogP contribution in [0.3, 0.4) is 0 Å². The molecule has 1 aromatic rings. The Morgan fingerprint density at radius 2 is 1.75 bits per heavy atom. The van der Waals surface area contributed by atoms with Crippen molar-refractivity contribution in [2.75, 3.05) is 33.1 Å². The number of hydrogen-bond acceptors (Lipinski definition) is 3. The van der Waals surface area contributed by atoms with Crippen molar-refractivity contribution in [3.8, 4) is 0 Å². The van der Waals surface area contributed by atoms with Crippen molar-refractivity contribution >= 4 is 0 Å². The van der Waals surface area contributed by atoms with Gasteiger partial charge in [-0.3, -0.25) is 4.90 Å². The van der Waals surface area contributed by atoms with Gasteiger partial charge in [-0.1, -0.05) is 30.3 Å². The molecule has 0 N–H and O–H groups in total. The van der Waals surface area contributed by atoms with E-state index in [4.69, 9.17) is 9.47 Å². The molecule has 1 unspecified atom stereocenters. The van der Waals surface area contributed by atoms with Crippen LogP contribution in [0, 0.1) is 5.92 Å². The molecule has 16 heavy (non-hydrogen) atoms. The van der Waals surface area contributed by atoms with Gasteiger partial charge in [0.25, 0.3) is 0 Å². The molecule has 0 aromatic heterocycles. The third-order valence-corrected chi connectivity index (χ3v) is 3.29. The topological polar surface area (TPSA) is 21.5 Å². The van der Waals surface area contributed by atoms with E-state index in [2.05, 4.69) is 35.2 Å². The third-order valence-electron chi connectivity index (χ3n) is 3.29. The van der Waals surface area contributed by atoms with Gasteiger partial charge in [0.15, 0.2) is 0 Å². The van der Waals surface area contributed by atoms with E-state index in [-0.39, 0.29) is 0 Å². The maximum absolute atomic E-state index is 5.41. The van der Waals surface area contributed by atoms with Crippen LogP contribution in [0.1, 0.15) is 11.6 Å². The first kappa shape index (κ1) is 10.3. The van der Waals surface area contributed by atoms with Crippen LogP contribution >= 0.6 is 0 Å². The van der Waals surface area contributed by atoms with E-state index in [0.29, 0.717) is 18.8 Å². The van der Waals surface area contributed by atoms with Gasteiger partial charge in [0, 0.05) is 25.0 Å². The summed E-state index contributed by atoms with van der Waals surface area (Å²) in [5.41, 5.74) is 1.39. The minimum absolute atomic E-state index is 0.456. The molecule has 0 radical (unpaired) electrons. The van der Waals surface area contributed by atoms with E-state index in [1.807, 2.05) is 0 Å². The van der Waals surface area contributed by atoms with Crippen molar-refractivity contribution in [3.63, 3.8) is 0 Å². The molecule has 1 aromatic carbocycles. The molecule has 3 heteroatoms. The van der Waals surface area contributed by atoms with Gasteiger partial charge in [0.2, 0.25) is 0 Å². The van der Waals surface area contributed by atoms with Crippen LogP contribution in [-0.2, 0) is 9.47 Å². The number of benzene rings is 1. The molecular formula is C13H17NO2. The molecule has 0 saturated carbocycles. The van der Waals surface area contributed by atoms with Crippen molar-refractivity contribution in [2.24, 2.45) is 5.92 Å². The number of rotatable bonds is 3. The van der Waals surface area contributed by atoms with Crippen LogP contribution in [-0.4, -0.2) is 38.0 Å². The predicted molar refractivity (Wildman–Crippen MR) is 61.0 cm³/mol. The second-order valence-electron chi connectivity index (χ2n) is 4.51. The molecule has 0 amide bonds. The summed E-state index contributed by atoms with van der Waals surface area (Å²) in [5, 5.41) is 0. The van der Waals surface area contributed by atoms with E-state index >= 15 is 0 Å². The van der Waals surface area contributed by atoms with Crippen molar-refractivity contribution in [1.29, 1.82) is 0 Å². The first-order valence-electron chi connectivity index (χ1n) is 5.89. The summed E-state index contributed by atoms with van der Waals surface area (Å²) in [5.74, 6) is 0.471. The molecule has 86 valence electrons. The normalized spacial score (nSPS) is 24.2. The Bertz CT molecular complexity index is 331. The average molecular weight is 219 g/mol. The Balaban J connectivity index is 1.80. The molecule has 0 bridgehead atoms. The van der Waals surface area contributed by atoms with E-state index in [1.165, 1.54) is 18.7 Å². The largest absolute Gasteiger partial charge is 0.355 e. The van der Waals surface area contributed by atoms with Gasteiger partial charge in [-0.25, -0.2) is 0 Å². The summed E-state index contributed by atoms with van der Waals surface area (Å²) >= 11 is 0. The Kier molecular flexibility index (Phi) is 2.91. The minimum atomic E-state index is 0.456. The van der Waals surface area contributed by atoms with Gasteiger partial charge in [0.05, 0.1) is 13.2 Å². The maximum Gasteiger partial charge on any atom is 0.146 e. The van der Waals surface area contributed by atoms with Gasteiger partial charge < -0.3 is 9.47 Å². The summed E-state index contributed by atoms with van der Waals surface area (Å²) in [6, 6.07) is 11.2.